The molecule has 0 fully saturated rings. The molecular weight excluding hydrogens is 357 g/mol. The first kappa shape index (κ1) is 16.6. The van der Waals surface area contributed by atoms with E-state index in [4.69, 9.17) is 0 Å². The van der Waals surface area contributed by atoms with E-state index in [2.05, 4.69) is 30.4 Å². The van der Waals surface area contributed by atoms with Crippen LogP contribution in [-0.4, -0.2) is 24.4 Å². The number of alkyl halides is 6. The maximum absolute atomic E-state index is 12.7. The maximum atomic E-state index is 12.7. The Morgan fingerprint density at radius 3 is 2.45 bits per heavy atom. The highest BCUT2D eigenvalue weighted by Crippen LogP contribution is 2.33. The van der Waals surface area contributed by atoms with Crippen molar-refractivity contribution in [2.45, 2.75) is 18.1 Å². The summed E-state index contributed by atoms with van der Waals surface area (Å²) in [6.07, 6.45) is -8.47. The number of hydrogen-bond donors (Lipinski definition) is 0. The number of hydrogen-bond acceptors (Lipinski definition) is 4. The number of pyridine rings is 1. The third-order valence-corrected chi connectivity index (χ3v) is 2.60. The number of rotatable bonds is 4. The Bertz CT molecular complexity index is 506. The van der Waals surface area contributed by atoms with Crippen LogP contribution in [0.2, 0.25) is 0 Å². The van der Waals surface area contributed by atoms with E-state index < -0.39 is 30.2 Å². The molecule has 112 valence electrons. The Morgan fingerprint density at radius 1 is 1.45 bits per heavy atom. The van der Waals surface area contributed by atoms with Crippen molar-refractivity contribution in [3.05, 3.63) is 22.9 Å². The molecule has 0 radical (unpaired) electrons. The van der Waals surface area contributed by atoms with E-state index in [1.807, 2.05) is 0 Å². The molecule has 1 rings (SSSR count). The van der Waals surface area contributed by atoms with Gasteiger partial charge in [0.1, 0.15) is 0 Å². The van der Waals surface area contributed by atoms with Gasteiger partial charge in [-0.1, -0.05) is 15.9 Å². The smallest absolute Gasteiger partial charge is 0.465 e. The predicted molar refractivity (Wildman–Crippen MR) is 59.8 cm³/mol. The fraction of sp³-hybridized carbons (Fsp3) is 0.400. The summed E-state index contributed by atoms with van der Waals surface area (Å²) in [7, 11) is 1.00. The molecule has 1 aromatic heterocycles. The van der Waals surface area contributed by atoms with E-state index in [0.717, 1.165) is 7.11 Å². The average molecular weight is 364 g/mol. The molecule has 0 aromatic carbocycles. The Labute approximate surface area is 118 Å². The van der Waals surface area contributed by atoms with Crippen LogP contribution in [0, 0.1) is 0 Å². The second kappa shape index (κ2) is 6.33. The largest absolute Gasteiger partial charge is 0.574 e. The van der Waals surface area contributed by atoms with E-state index in [0.29, 0.717) is 6.07 Å². The maximum Gasteiger partial charge on any atom is 0.574 e. The molecule has 0 aliphatic carbocycles. The summed E-state index contributed by atoms with van der Waals surface area (Å²) in [6, 6.07) is 0.571. The van der Waals surface area contributed by atoms with Crippen LogP contribution in [0.15, 0.2) is 6.07 Å². The number of carbonyl (C=O) groups is 1. The lowest BCUT2D eigenvalue weighted by Crippen LogP contribution is -2.20. The quantitative estimate of drug-likeness (QED) is 0.466. The van der Waals surface area contributed by atoms with Crippen LogP contribution in [-0.2, 0) is 10.1 Å². The molecule has 20 heavy (non-hydrogen) atoms. The van der Waals surface area contributed by atoms with Crippen LogP contribution in [0.1, 0.15) is 28.0 Å². The van der Waals surface area contributed by atoms with Crippen LogP contribution >= 0.6 is 15.9 Å². The van der Waals surface area contributed by atoms with Gasteiger partial charge in [0.2, 0.25) is 5.88 Å². The number of halogens is 6. The molecule has 0 amide bonds. The van der Waals surface area contributed by atoms with Gasteiger partial charge in [0.05, 0.1) is 23.9 Å². The minimum Gasteiger partial charge on any atom is -0.465 e. The normalized spacial score (nSPS) is 11.6. The van der Waals surface area contributed by atoms with Crippen LogP contribution in [0.4, 0.5) is 22.0 Å². The molecule has 0 atom stereocenters. The summed E-state index contributed by atoms with van der Waals surface area (Å²) < 4.78 is 69.7. The van der Waals surface area contributed by atoms with Crippen molar-refractivity contribution in [1.29, 1.82) is 0 Å². The first-order valence-corrected chi connectivity index (χ1v) is 6.03. The molecule has 0 aliphatic heterocycles. The second-order valence-corrected chi connectivity index (χ2v) is 3.91. The minimum absolute atomic E-state index is 0.144. The van der Waals surface area contributed by atoms with Gasteiger partial charge in [-0.2, -0.15) is 0 Å². The highest BCUT2D eigenvalue weighted by Gasteiger charge is 2.35. The van der Waals surface area contributed by atoms with Gasteiger partial charge in [0.25, 0.3) is 6.43 Å². The zero-order valence-corrected chi connectivity index (χ0v) is 11.4. The van der Waals surface area contributed by atoms with Crippen molar-refractivity contribution < 1.29 is 36.2 Å². The number of nitrogens with zero attached hydrogens (tertiary/aromatic N) is 1. The summed E-state index contributed by atoms with van der Waals surface area (Å²) in [5.41, 5.74) is -1.72. The molecule has 0 spiro atoms. The van der Waals surface area contributed by atoms with Crippen molar-refractivity contribution in [2.24, 2.45) is 0 Å². The highest BCUT2D eigenvalue weighted by atomic mass is 79.9. The number of ether oxygens (including phenoxy) is 2. The third kappa shape index (κ3) is 4.02. The topological polar surface area (TPSA) is 48.4 Å². The number of methoxy groups -OCH3 is 1. The number of carbonyl (C=O) groups excluding carboxylic acids is 1. The summed E-state index contributed by atoms with van der Waals surface area (Å²) in [4.78, 5) is 14.7. The van der Waals surface area contributed by atoms with Crippen molar-refractivity contribution in [3.63, 3.8) is 0 Å². The van der Waals surface area contributed by atoms with E-state index in [-0.39, 0.29) is 16.6 Å². The summed E-state index contributed by atoms with van der Waals surface area (Å²) in [5.74, 6) is -2.29. The Hall–Kier alpha value is -1.45. The molecule has 1 heterocycles. The van der Waals surface area contributed by atoms with Gasteiger partial charge in [0.15, 0.2) is 0 Å². The van der Waals surface area contributed by atoms with Gasteiger partial charge < -0.3 is 9.47 Å². The van der Waals surface area contributed by atoms with Gasteiger partial charge in [-0.15, -0.1) is 13.2 Å². The zero-order chi connectivity index (χ0) is 15.5. The fourth-order valence-electron chi connectivity index (χ4n) is 1.28. The van der Waals surface area contributed by atoms with Gasteiger partial charge in [-0.3, -0.25) is 0 Å². The second-order valence-electron chi connectivity index (χ2n) is 3.35. The van der Waals surface area contributed by atoms with Crippen LogP contribution in [0.5, 0.6) is 5.88 Å². The summed E-state index contributed by atoms with van der Waals surface area (Å²) >= 11 is 2.89. The summed E-state index contributed by atoms with van der Waals surface area (Å²) in [6.45, 7) is 0. The van der Waals surface area contributed by atoms with Crippen molar-refractivity contribution >= 4 is 21.9 Å². The van der Waals surface area contributed by atoms with Gasteiger partial charge in [-0.05, 0) is 6.07 Å². The Balaban J connectivity index is 3.41. The van der Waals surface area contributed by atoms with Gasteiger partial charge in [0, 0.05) is 5.33 Å². The van der Waals surface area contributed by atoms with E-state index in [1.54, 1.807) is 0 Å². The summed E-state index contributed by atoms with van der Waals surface area (Å²) in [5, 5.41) is -0.144. The standard InChI is InChI=1S/C10H7BrF5NO3/c1-19-9(18)4-2-5(7(12)13)8(17-6(4)3-11)20-10(14,15)16/h2,7H,3H2,1H3. The third-order valence-electron chi connectivity index (χ3n) is 2.07. The minimum atomic E-state index is -5.17. The fourth-order valence-corrected chi connectivity index (χ4v) is 1.71. The van der Waals surface area contributed by atoms with E-state index in [1.165, 1.54) is 0 Å². The van der Waals surface area contributed by atoms with E-state index in [9.17, 15) is 26.7 Å². The first-order chi connectivity index (χ1) is 9.19. The van der Waals surface area contributed by atoms with Crippen molar-refractivity contribution in [3.8, 4) is 5.88 Å². The molecular formula is C10H7BrF5NO3. The van der Waals surface area contributed by atoms with Gasteiger partial charge in [-0.25, -0.2) is 18.6 Å². The first-order valence-electron chi connectivity index (χ1n) is 4.91. The predicted octanol–water partition coefficient (Wildman–Crippen LogP) is 3.60. The Kier molecular flexibility index (Phi) is 5.26. The molecule has 0 saturated heterocycles. The zero-order valence-electron chi connectivity index (χ0n) is 9.80. The lowest BCUT2D eigenvalue weighted by atomic mass is 10.1. The molecule has 0 saturated carbocycles. The van der Waals surface area contributed by atoms with E-state index >= 15 is 0 Å². The van der Waals surface area contributed by atoms with Crippen molar-refractivity contribution in [2.75, 3.05) is 7.11 Å². The molecule has 1 aromatic rings. The lowest BCUT2D eigenvalue weighted by Gasteiger charge is -2.14. The highest BCUT2D eigenvalue weighted by molar-refractivity contribution is 9.08. The molecule has 0 unspecified atom stereocenters. The molecule has 0 aliphatic rings. The van der Waals surface area contributed by atoms with Gasteiger partial charge >= 0.3 is 12.3 Å². The van der Waals surface area contributed by atoms with Crippen molar-refractivity contribution in [1.82, 2.24) is 4.98 Å². The monoisotopic (exact) mass is 363 g/mol. The SMILES string of the molecule is COC(=O)c1cc(C(F)F)c(OC(F)(F)F)nc1CBr. The molecule has 10 heteroatoms. The lowest BCUT2D eigenvalue weighted by molar-refractivity contribution is -0.276. The Morgan fingerprint density at radius 2 is 2.05 bits per heavy atom. The van der Waals surface area contributed by atoms with Crippen LogP contribution in [0.3, 0.4) is 0 Å². The van der Waals surface area contributed by atoms with Crippen LogP contribution in [0.25, 0.3) is 0 Å². The van der Waals surface area contributed by atoms with Crippen LogP contribution < -0.4 is 4.74 Å². The molecule has 0 N–H and O–H groups in total. The number of aromatic nitrogens is 1. The average Bonchev–Trinajstić information content (AvgIpc) is 2.35. The molecule has 4 nitrogen and oxygen atoms in total. The number of esters is 1. The molecule has 0 bridgehead atoms.